The molecule has 3 unspecified atom stereocenters. The second-order valence-corrected chi connectivity index (χ2v) is 15.8. The van der Waals surface area contributed by atoms with Crippen molar-refractivity contribution in [3.8, 4) is 11.3 Å². The molecular formula is C29H38N6OS2. The summed E-state index contributed by atoms with van der Waals surface area (Å²) in [7, 11) is -2.33. The first-order valence-corrected chi connectivity index (χ1v) is 16.8. The van der Waals surface area contributed by atoms with Crippen molar-refractivity contribution in [3.63, 3.8) is 0 Å². The molecule has 0 aromatic carbocycles. The van der Waals surface area contributed by atoms with Crippen LogP contribution in [0, 0.1) is 37.4 Å². The Morgan fingerprint density at radius 3 is 2.53 bits per heavy atom. The molecule has 4 atom stereocenters. The number of aromatic nitrogens is 4. The summed E-state index contributed by atoms with van der Waals surface area (Å²) in [6, 6.07) is 0.632. The Morgan fingerprint density at radius 1 is 1.08 bits per heavy atom. The molecule has 0 amide bonds. The van der Waals surface area contributed by atoms with E-state index in [2.05, 4.69) is 60.8 Å². The van der Waals surface area contributed by atoms with Gasteiger partial charge in [-0.05, 0) is 86.0 Å². The van der Waals surface area contributed by atoms with E-state index in [1.807, 2.05) is 15.9 Å². The maximum atomic E-state index is 12.2. The first kappa shape index (κ1) is 24.8. The highest BCUT2D eigenvalue weighted by molar-refractivity contribution is 7.92. The fourth-order valence-corrected chi connectivity index (χ4v) is 10.6. The summed E-state index contributed by atoms with van der Waals surface area (Å²) in [6.07, 6.45) is 7.64. The second-order valence-electron chi connectivity index (χ2n) is 12.3. The Hall–Kier alpha value is -2.23. The Labute approximate surface area is 229 Å². The summed E-state index contributed by atoms with van der Waals surface area (Å²) in [5.74, 6) is 3.66. The lowest BCUT2D eigenvalue weighted by Crippen LogP contribution is -2.48. The summed E-state index contributed by atoms with van der Waals surface area (Å²) < 4.78 is 22.0. The highest BCUT2D eigenvalue weighted by Crippen LogP contribution is 2.57. The number of rotatable bonds is 4. The van der Waals surface area contributed by atoms with Gasteiger partial charge in [-0.1, -0.05) is 13.8 Å². The molecular weight excluding hydrogens is 512 g/mol. The van der Waals surface area contributed by atoms with Crippen LogP contribution in [0.1, 0.15) is 72.1 Å². The number of aromatic amines is 1. The van der Waals surface area contributed by atoms with Gasteiger partial charge in [0.05, 0.1) is 5.69 Å². The van der Waals surface area contributed by atoms with Crippen LogP contribution in [0.2, 0.25) is 0 Å². The van der Waals surface area contributed by atoms with E-state index in [0.29, 0.717) is 29.4 Å². The zero-order chi connectivity index (χ0) is 26.5. The van der Waals surface area contributed by atoms with E-state index in [-0.39, 0.29) is 0 Å². The lowest BCUT2D eigenvalue weighted by molar-refractivity contribution is 0.148. The minimum Gasteiger partial charge on any atom is -0.346 e. The monoisotopic (exact) mass is 550 g/mol. The van der Waals surface area contributed by atoms with Gasteiger partial charge in [0, 0.05) is 62.4 Å². The van der Waals surface area contributed by atoms with Crippen molar-refractivity contribution >= 4 is 36.9 Å². The van der Waals surface area contributed by atoms with Gasteiger partial charge in [-0.2, -0.15) is 5.10 Å². The van der Waals surface area contributed by atoms with Gasteiger partial charge in [-0.15, -0.1) is 11.3 Å². The summed E-state index contributed by atoms with van der Waals surface area (Å²) >= 11 is 1.99. The average molecular weight is 551 g/mol. The zero-order valence-electron chi connectivity index (χ0n) is 23.0. The van der Waals surface area contributed by atoms with Gasteiger partial charge in [0.25, 0.3) is 0 Å². The molecule has 1 aliphatic heterocycles. The van der Waals surface area contributed by atoms with Gasteiger partial charge in [0.2, 0.25) is 0 Å². The third kappa shape index (κ3) is 3.64. The molecule has 2 saturated carbocycles. The lowest BCUT2D eigenvalue weighted by Gasteiger charge is -2.39. The SMILES string of the molecule is Cc1c(-c2[nH]c3sc(C4CC5C[C@H]4CC5N4CCS(=N)(=O)CC4)c(C)c3c2C(C)C)cn2ncnc2c1C. The summed E-state index contributed by atoms with van der Waals surface area (Å²) in [5.41, 5.74) is 8.73. The van der Waals surface area contributed by atoms with Crippen LogP contribution in [0.4, 0.5) is 0 Å². The molecule has 202 valence electrons. The number of thiophene rings is 1. The van der Waals surface area contributed by atoms with Crippen molar-refractivity contribution in [2.45, 2.75) is 71.8 Å². The van der Waals surface area contributed by atoms with Gasteiger partial charge in [0.15, 0.2) is 5.65 Å². The fraction of sp³-hybridized carbons (Fsp3) is 0.586. The van der Waals surface area contributed by atoms with Gasteiger partial charge < -0.3 is 4.98 Å². The van der Waals surface area contributed by atoms with E-state index >= 15 is 0 Å². The average Bonchev–Trinajstić information content (AvgIpc) is 3.68. The van der Waals surface area contributed by atoms with Crippen LogP contribution in [0.3, 0.4) is 0 Å². The van der Waals surface area contributed by atoms with Crippen LogP contribution in [-0.2, 0) is 9.73 Å². The van der Waals surface area contributed by atoms with Crippen molar-refractivity contribution in [1.82, 2.24) is 24.5 Å². The van der Waals surface area contributed by atoms with E-state index < -0.39 is 9.73 Å². The Kier molecular flexibility index (Phi) is 5.63. The number of nitrogens with one attached hydrogen (secondary N) is 2. The number of aryl methyl sites for hydroxylation is 2. The molecule has 5 heterocycles. The molecule has 1 saturated heterocycles. The molecule has 38 heavy (non-hydrogen) atoms. The van der Waals surface area contributed by atoms with Gasteiger partial charge in [-0.3, -0.25) is 9.68 Å². The van der Waals surface area contributed by atoms with Crippen LogP contribution < -0.4 is 0 Å². The molecule has 4 aromatic heterocycles. The summed E-state index contributed by atoms with van der Waals surface area (Å²) in [4.78, 5) is 13.8. The molecule has 2 bridgehead atoms. The van der Waals surface area contributed by atoms with Crippen LogP contribution in [0.25, 0.3) is 27.1 Å². The summed E-state index contributed by atoms with van der Waals surface area (Å²) in [6.45, 7) is 13.0. The lowest BCUT2D eigenvalue weighted by atomic mass is 9.82. The normalized spacial score (nSPS) is 27.4. The van der Waals surface area contributed by atoms with E-state index in [1.165, 1.54) is 63.0 Å². The minimum absolute atomic E-state index is 0.404. The molecule has 3 fully saturated rings. The quantitative estimate of drug-likeness (QED) is 0.315. The predicted molar refractivity (Wildman–Crippen MR) is 156 cm³/mol. The maximum absolute atomic E-state index is 12.2. The highest BCUT2D eigenvalue weighted by Gasteiger charge is 2.49. The zero-order valence-corrected chi connectivity index (χ0v) is 24.6. The maximum Gasteiger partial charge on any atom is 0.158 e. The molecule has 3 aliphatic rings. The molecule has 9 heteroatoms. The topological polar surface area (TPSA) is 90.1 Å². The van der Waals surface area contributed by atoms with Crippen LogP contribution in [-0.4, -0.2) is 59.3 Å². The van der Waals surface area contributed by atoms with Gasteiger partial charge in [0.1, 0.15) is 11.2 Å². The van der Waals surface area contributed by atoms with Crippen molar-refractivity contribution in [2.24, 2.45) is 11.8 Å². The van der Waals surface area contributed by atoms with Crippen LogP contribution in [0.5, 0.6) is 0 Å². The number of hydrogen-bond donors (Lipinski definition) is 2. The molecule has 7 rings (SSSR count). The number of hydrogen-bond acceptors (Lipinski definition) is 6. The van der Waals surface area contributed by atoms with Crippen molar-refractivity contribution in [2.75, 3.05) is 24.6 Å². The number of pyridine rings is 1. The third-order valence-electron chi connectivity index (χ3n) is 9.98. The molecule has 0 radical (unpaired) electrons. The number of nitrogens with zero attached hydrogens (tertiary/aromatic N) is 4. The number of fused-ring (bicyclic) bond motifs is 4. The first-order chi connectivity index (χ1) is 18.1. The van der Waals surface area contributed by atoms with Crippen LogP contribution >= 0.6 is 11.3 Å². The van der Waals surface area contributed by atoms with E-state index in [4.69, 9.17) is 4.78 Å². The molecule has 2 N–H and O–H groups in total. The fourth-order valence-electron chi connectivity index (χ4n) is 7.94. The molecule has 0 spiro atoms. The molecule has 4 aromatic rings. The van der Waals surface area contributed by atoms with Crippen molar-refractivity contribution in [3.05, 3.63) is 39.7 Å². The van der Waals surface area contributed by atoms with E-state index in [0.717, 1.165) is 30.6 Å². The van der Waals surface area contributed by atoms with E-state index in [1.54, 1.807) is 11.2 Å². The highest BCUT2D eigenvalue weighted by atomic mass is 32.2. The second kappa shape index (κ2) is 8.63. The standard InChI is InChI=1S/C29H38N6OS2/c1-15(2)24-25-18(5)27(21-11-20-10-19(21)12-23(20)34-6-8-38(30,36)9-7-34)37-29(25)33-26(24)22-13-35-28(31-14-32-35)17(4)16(22)3/h13-15,19-21,23,30,33H,6-12H2,1-5H3/t19-,20?,21?,23?/m0/s1. The first-order valence-electron chi connectivity index (χ1n) is 14.1. The molecule has 2 aliphatic carbocycles. The van der Waals surface area contributed by atoms with Gasteiger partial charge in [-0.25, -0.2) is 13.7 Å². The molecule has 7 nitrogen and oxygen atoms in total. The third-order valence-corrected chi connectivity index (χ3v) is 13.0. The largest absolute Gasteiger partial charge is 0.346 e. The summed E-state index contributed by atoms with van der Waals surface area (Å²) in [5, 5.41) is 5.88. The van der Waals surface area contributed by atoms with Crippen LogP contribution in [0.15, 0.2) is 12.5 Å². The van der Waals surface area contributed by atoms with E-state index in [9.17, 15) is 4.21 Å². The van der Waals surface area contributed by atoms with Crippen molar-refractivity contribution < 1.29 is 4.21 Å². The van der Waals surface area contributed by atoms with Gasteiger partial charge >= 0.3 is 0 Å². The Balaban J connectivity index is 1.22. The van der Waals surface area contributed by atoms with Crippen molar-refractivity contribution in [1.29, 1.82) is 4.78 Å². The Morgan fingerprint density at radius 2 is 1.84 bits per heavy atom. The Bertz CT molecular complexity index is 1660. The minimum atomic E-state index is -2.33. The number of H-pyrrole nitrogens is 1. The smallest absolute Gasteiger partial charge is 0.158 e. The predicted octanol–water partition coefficient (Wildman–Crippen LogP) is 6.23.